The fraction of sp³-hybridized carbons (Fsp3) is 0.400. The summed E-state index contributed by atoms with van der Waals surface area (Å²) in [5.41, 5.74) is -5.48. The molecule has 0 radical (unpaired) electrons. The van der Waals surface area contributed by atoms with E-state index in [-0.39, 0.29) is 5.69 Å². The lowest BCUT2D eigenvalue weighted by molar-refractivity contribution is -0.0500. The number of sulfonamides is 1. The fourth-order valence-electron chi connectivity index (χ4n) is 0.967. The van der Waals surface area contributed by atoms with Crippen molar-refractivity contribution < 1.29 is 34.2 Å². The van der Waals surface area contributed by atoms with Crippen LogP contribution in [0.2, 0.25) is 0 Å². The third-order valence-electron chi connectivity index (χ3n) is 1.65. The largest absolute Gasteiger partial charge is 0.534 e. The molecule has 1 aromatic rings. The molecule has 0 atom stereocenters. The second kappa shape index (κ2) is 6.98. The number of rotatable bonds is 4. The van der Waals surface area contributed by atoms with Gasteiger partial charge in [-0.1, -0.05) is 13.8 Å². The molecule has 0 saturated heterocycles. The molecule has 21 heavy (non-hydrogen) atoms. The van der Waals surface area contributed by atoms with E-state index in [0.717, 1.165) is 30.5 Å². The van der Waals surface area contributed by atoms with Crippen molar-refractivity contribution in [2.75, 3.05) is 11.0 Å². The predicted octanol–water partition coefficient (Wildman–Crippen LogP) is 2.31. The maximum Gasteiger partial charge on any atom is 0.534 e. The molecule has 122 valence electrons. The first-order valence-corrected chi connectivity index (χ1v) is 8.79. The zero-order chi connectivity index (χ0) is 16.9. The molecule has 0 spiro atoms. The number of hydrogen-bond donors (Lipinski definition) is 1. The Morgan fingerprint density at radius 3 is 1.76 bits per heavy atom. The van der Waals surface area contributed by atoms with E-state index in [2.05, 4.69) is 4.18 Å². The summed E-state index contributed by atoms with van der Waals surface area (Å²) in [6.45, 7) is 4.00. The van der Waals surface area contributed by atoms with Gasteiger partial charge in [0.15, 0.2) is 0 Å². The van der Waals surface area contributed by atoms with Crippen molar-refractivity contribution in [1.29, 1.82) is 0 Å². The van der Waals surface area contributed by atoms with Crippen LogP contribution in [0.3, 0.4) is 0 Å². The van der Waals surface area contributed by atoms with Crippen LogP contribution < -0.4 is 8.91 Å². The first kappa shape index (κ1) is 19.5. The molecular formula is C10H14F3NO5S2. The quantitative estimate of drug-likeness (QED) is 0.665. The standard InChI is InChI=1S/C8H8F3NO5S2.C2H6/c1-18(13,14)12-6-2-4-7(5-3-6)17-19(15,16)8(9,10)11;1-2/h2-5,12H,1H3;1-2H3. The Balaban J connectivity index is 0.00000191. The molecule has 0 amide bonds. The lowest BCUT2D eigenvalue weighted by Gasteiger charge is -2.10. The van der Waals surface area contributed by atoms with Crippen LogP contribution in [-0.2, 0) is 20.1 Å². The molecule has 0 aliphatic rings. The molecule has 0 heterocycles. The first-order chi connectivity index (χ1) is 9.41. The molecule has 1 N–H and O–H groups in total. The number of nitrogens with one attached hydrogen (secondary N) is 1. The van der Waals surface area contributed by atoms with Crippen LogP contribution in [0.1, 0.15) is 13.8 Å². The maximum absolute atomic E-state index is 12.0. The van der Waals surface area contributed by atoms with Crippen molar-refractivity contribution >= 4 is 25.8 Å². The second-order valence-electron chi connectivity index (χ2n) is 3.38. The summed E-state index contributed by atoms with van der Waals surface area (Å²) >= 11 is 0. The Labute approximate surface area is 121 Å². The van der Waals surface area contributed by atoms with Gasteiger partial charge in [0, 0.05) is 5.69 Å². The van der Waals surface area contributed by atoms with Gasteiger partial charge in [0.2, 0.25) is 10.0 Å². The van der Waals surface area contributed by atoms with E-state index in [1.807, 2.05) is 18.6 Å². The molecule has 6 nitrogen and oxygen atoms in total. The Morgan fingerprint density at radius 1 is 1.00 bits per heavy atom. The normalized spacial score (nSPS) is 12.1. The van der Waals surface area contributed by atoms with E-state index in [1.54, 1.807) is 0 Å². The van der Waals surface area contributed by atoms with Gasteiger partial charge >= 0.3 is 15.6 Å². The van der Waals surface area contributed by atoms with E-state index in [0.29, 0.717) is 0 Å². The summed E-state index contributed by atoms with van der Waals surface area (Å²) in [5, 5.41) is 0. The van der Waals surface area contributed by atoms with Crippen LogP contribution in [0.5, 0.6) is 5.75 Å². The van der Waals surface area contributed by atoms with Crippen LogP contribution in [0.4, 0.5) is 18.9 Å². The van der Waals surface area contributed by atoms with Gasteiger partial charge in [0.1, 0.15) is 5.75 Å². The molecular weight excluding hydrogens is 335 g/mol. The highest BCUT2D eigenvalue weighted by Crippen LogP contribution is 2.27. The second-order valence-corrected chi connectivity index (χ2v) is 6.67. The SMILES string of the molecule is CC.CS(=O)(=O)Nc1ccc(OS(=O)(=O)C(F)(F)F)cc1. The summed E-state index contributed by atoms with van der Waals surface area (Å²) in [6, 6.07) is 3.89. The van der Waals surface area contributed by atoms with Gasteiger partial charge in [0.25, 0.3) is 0 Å². The first-order valence-electron chi connectivity index (χ1n) is 5.49. The highest BCUT2D eigenvalue weighted by atomic mass is 32.2. The Kier molecular flexibility index (Phi) is 6.49. The highest BCUT2D eigenvalue weighted by Gasteiger charge is 2.48. The smallest absolute Gasteiger partial charge is 0.376 e. The van der Waals surface area contributed by atoms with Crippen LogP contribution >= 0.6 is 0 Å². The number of alkyl halides is 3. The molecule has 0 unspecified atom stereocenters. The average molecular weight is 349 g/mol. The fourth-order valence-corrected chi connectivity index (χ4v) is 1.99. The van der Waals surface area contributed by atoms with Gasteiger partial charge in [-0.25, -0.2) is 8.42 Å². The van der Waals surface area contributed by atoms with Gasteiger partial charge in [-0.05, 0) is 24.3 Å². The van der Waals surface area contributed by atoms with Crippen molar-refractivity contribution in [2.24, 2.45) is 0 Å². The zero-order valence-electron chi connectivity index (χ0n) is 11.3. The summed E-state index contributed by atoms with van der Waals surface area (Å²) < 4.78 is 85.0. The molecule has 0 fully saturated rings. The van der Waals surface area contributed by atoms with Gasteiger partial charge in [-0.2, -0.15) is 21.6 Å². The zero-order valence-corrected chi connectivity index (χ0v) is 12.9. The minimum Gasteiger partial charge on any atom is -0.376 e. The molecule has 1 rings (SSSR count). The molecule has 0 aromatic heterocycles. The third kappa shape index (κ3) is 6.67. The van der Waals surface area contributed by atoms with Crippen molar-refractivity contribution in [3.63, 3.8) is 0 Å². The number of benzene rings is 1. The Bertz CT molecular complexity index is 651. The Morgan fingerprint density at radius 2 is 1.43 bits per heavy atom. The van der Waals surface area contributed by atoms with Crippen LogP contribution in [0.25, 0.3) is 0 Å². The molecule has 0 aliphatic heterocycles. The van der Waals surface area contributed by atoms with Crippen molar-refractivity contribution in [1.82, 2.24) is 0 Å². The molecule has 0 saturated carbocycles. The lowest BCUT2D eigenvalue weighted by Crippen LogP contribution is -2.28. The monoisotopic (exact) mass is 349 g/mol. The maximum atomic E-state index is 12.0. The highest BCUT2D eigenvalue weighted by molar-refractivity contribution is 7.92. The van der Waals surface area contributed by atoms with Crippen LogP contribution in [0, 0.1) is 0 Å². The predicted molar refractivity (Wildman–Crippen MR) is 71.9 cm³/mol. The lowest BCUT2D eigenvalue weighted by atomic mass is 10.3. The van der Waals surface area contributed by atoms with Crippen molar-refractivity contribution in [3.05, 3.63) is 24.3 Å². The van der Waals surface area contributed by atoms with E-state index in [1.165, 1.54) is 0 Å². The number of anilines is 1. The van der Waals surface area contributed by atoms with E-state index in [4.69, 9.17) is 0 Å². The average Bonchev–Trinajstić information content (AvgIpc) is 2.31. The van der Waals surface area contributed by atoms with Crippen molar-refractivity contribution in [3.8, 4) is 5.75 Å². The van der Waals surface area contributed by atoms with Gasteiger partial charge < -0.3 is 4.18 Å². The number of halogens is 3. The Hall–Kier alpha value is -1.49. The van der Waals surface area contributed by atoms with Gasteiger partial charge in [0.05, 0.1) is 6.26 Å². The molecule has 1 aromatic carbocycles. The summed E-state index contributed by atoms with van der Waals surface area (Å²) in [4.78, 5) is 0. The summed E-state index contributed by atoms with van der Waals surface area (Å²) in [6.07, 6.45) is 0.880. The topological polar surface area (TPSA) is 89.5 Å². The summed E-state index contributed by atoms with van der Waals surface area (Å²) in [5.74, 6) is -0.587. The van der Waals surface area contributed by atoms with Gasteiger partial charge in [-0.3, -0.25) is 4.72 Å². The van der Waals surface area contributed by atoms with Gasteiger partial charge in [-0.15, -0.1) is 0 Å². The molecule has 0 bridgehead atoms. The number of hydrogen-bond acceptors (Lipinski definition) is 5. The van der Waals surface area contributed by atoms with E-state index in [9.17, 15) is 30.0 Å². The third-order valence-corrected chi connectivity index (χ3v) is 3.23. The van der Waals surface area contributed by atoms with E-state index >= 15 is 0 Å². The summed E-state index contributed by atoms with van der Waals surface area (Å²) in [7, 11) is -9.27. The molecule has 11 heteroatoms. The minimum absolute atomic E-state index is 0.0549. The molecule has 0 aliphatic carbocycles. The van der Waals surface area contributed by atoms with Crippen LogP contribution in [0.15, 0.2) is 24.3 Å². The van der Waals surface area contributed by atoms with Crippen molar-refractivity contribution in [2.45, 2.75) is 19.4 Å². The van der Waals surface area contributed by atoms with Crippen LogP contribution in [-0.4, -0.2) is 28.6 Å². The van der Waals surface area contributed by atoms with E-state index < -0.39 is 31.4 Å². The minimum atomic E-state index is -5.74.